The van der Waals surface area contributed by atoms with Gasteiger partial charge in [0.15, 0.2) is 5.76 Å². The van der Waals surface area contributed by atoms with Gasteiger partial charge in [0.25, 0.3) is 5.91 Å². The first-order valence-electron chi connectivity index (χ1n) is 5.85. The summed E-state index contributed by atoms with van der Waals surface area (Å²) in [5, 5.41) is 11.4. The van der Waals surface area contributed by atoms with E-state index in [4.69, 9.17) is 15.3 Å². The fraction of sp³-hybridized carbons (Fsp3) is 0.154. The van der Waals surface area contributed by atoms with E-state index in [1.165, 1.54) is 12.3 Å². The first-order chi connectivity index (χ1) is 9.60. The van der Waals surface area contributed by atoms with E-state index < -0.39 is 5.97 Å². The molecule has 20 heavy (non-hydrogen) atoms. The molecule has 2 aromatic rings. The molecule has 7 heteroatoms. The van der Waals surface area contributed by atoms with Crippen LogP contribution in [0.15, 0.2) is 34.9 Å². The lowest BCUT2D eigenvalue weighted by Gasteiger charge is -2.03. The molecule has 2 aromatic heterocycles. The summed E-state index contributed by atoms with van der Waals surface area (Å²) < 4.78 is 5.20. The van der Waals surface area contributed by atoms with Gasteiger partial charge in [0.2, 0.25) is 0 Å². The molecule has 7 nitrogen and oxygen atoms in total. The van der Waals surface area contributed by atoms with Gasteiger partial charge in [-0.1, -0.05) is 6.07 Å². The molecule has 0 aliphatic carbocycles. The van der Waals surface area contributed by atoms with Gasteiger partial charge in [0.05, 0.1) is 6.54 Å². The topological polar surface area (TPSA) is 118 Å². The highest BCUT2D eigenvalue weighted by molar-refractivity contribution is 5.91. The number of hydrogen-bond acceptors (Lipinski definition) is 5. The molecule has 2 rings (SSSR count). The van der Waals surface area contributed by atoms with Crippen molar-refractivity contribution in [3.05, 3.63) is 53.2 Å². The van der Waals surface area contributed by atoms with Gasteiger partial charge >= 0.3 is 5.97 Å². The van der Waals surface area contributed by atoms with Crippen molar-refractivity contribution in [1.82, 2.24) is 10.3 Å². The number of nitrogens with one attached hydrogen (secondary N) is 1. The quantitative estimate of drug-likeness (QED) is 0.741. The largest absolute Gasteiger partial charge is 0.477 e. The third-order valence-electron chi connectivity index (χ3n) is 2.58. The van der Waals surface area contributed by atoms with Crippen LogP contribution < -0.4 is 11.1 Å². The number of carbonyl (C=O) groups excluding carboxylic acids is 1. The highest BCUT2D eigenvalue weighted by atomic mass is 16.4. The van der Waals surface area contributed by atoms with Gasteiger partial charge in [0.1, 0.15) is 11.5 Å². The van der Waals surface area contributed by atoms with Crippen LogP contribution in [-0.4, -0.2) is 22.0 Å². The van der Waals surface area contributed by atoms with Crippen molar-refractivity contribution in [3.8, 4) is 0 Å². The normalized spacial score (nSPS) is 10.2. The molecule has 1 amide bonds. The molecule has 4 N–H and O–H groups in total. The summed E-state index contributed by atoms with van der Waals surface area (Å²) in [4.78, 5) is 26.2. The van der Waals surface area contributed by atoms with E-state index in [9.17, 15) is 9.59 Å². The molecule has 0 saturated carbocycles. The molecule has 0 saturated heterocycles. The number of nitrogens with two attached hydrogens (primary N) is 1. The molecule has 2 heterocycles. The van der Waals surface area contributed by atoms with E-state index in [1.807, 2.05) is 0 Å². The lowest BCUT2D eigenvalue weighted by molar-refractivity contribution is 0.0690. The Labute approximate surface area is 114 Å². The second-order valence-electron chi connectivity index (χ2n) is 4.01. The number of furan rings is 1. The van der Waals surface area contributed by atoms with E-state index >= 15 is 0 Å². The fourth-order valence-electron chi connectivity index (χ4n) is 1.53. The van der Waals surface area contributed by atoms with Crippen molar-refractivity contribution in [3.63, 3.8) is 0 Å². The average molecular weight is 275 g/mol. The molecule has 0 aliphatic rings. The minimum atomic E-state index is -1.09. The Morgan fingerprint density at radius 3 is 2.65 bits per heavy atom. The summed E-state index contributed by atoms with van der Waals surface area (Å²) in [7, 11) is 0. The minimum absolute atomic E-state index is 0.0429. The maximum absolute atomic E-state index is 11.8. The summed E-state index contributed by atoms with van der Waals surface area (Å²) in [6.07, 6.45) is 1.40. The number of carboxylic acids is 1. The molecule has 0 unspecified atom stereocenters. The summed E-state index contributed by atoms with van der Waals surface area (Å²) in [6, 6.07) is 6.15. The van der Waals surface area contributed by atoms with Crippen LogP contribution in [0.3, 0.4) is 0 Å². The third-order valence-corrected chi connectivity index (χ3v) is 2.58. The van der Waals surface area contributed by atoms with Crippen LogP contribution in [0.5, 0.6) is 0 Å². The van der Waals surface area contributed by atoms with Gasteiger partial charge in [0, 0.05) is 12.7 Å². The lowest BCUT2D eigenvalue weighted by atomic mass is 10.2. The molecule has 0 aliphatic heterocycles. The fourth-order valence-corrected chi connectivity index (χ4v) is 1.53. The molecule has 0 fully saturated rings. The molecule has 0 atom stereocenters. The second kappa shape index (κ2) is 5.98. The van der Waals surface area contributed by atoms with Crippen LogP contribution in [0.1, 0.15) is 32.4 Å². The number of nitrogens with zero attached hydrogens (tertiary/aromatic N) is 1. The Morgan fingerprint density at radius 1 is 1.30 bits per heavy atom. The molecular weight excluding hydrogens is 262 g/mol. The summed E-state index contributed by atoms with van der Waals surface area (Å²) >= 11 is 0. The smallest absolute Gasteiger partial charge is 0.354 e. The van der Waals surface area contributed by atoms with Crippen molar-refractivity contribution >= 4 is 11.9 Å². The Kier molecular flexibility index (Phi) is 4.11. The van der Waals surface area contributed by atoms with Crippen LogP contribution >= 0.6 is 0 Å². The lowest BCUT2D eigenvalue weighted by Crippen LogP contribution is -2.22. The van der Waals surface area contributed by atoms with Gasteiger partial charge in [-0.3, -0.25) is 4.79 Å². The van der Waals surface area contributed by atoms with Crippen molar-refractivity contribution in [2.75, 3.05) is 0 Å². The highest BCUT2D eigenvalue weighted by Crippen LogP contribution is 2.07. The highest BCUT2D eigenvalue weighted by Gasteiger charge is 2.10. The zero-order valence-electron chi connectivity index (χ0n) is 10.5. The number of pyridine rings is 1. The van der Waals surface area contributed by atoms with Crippen molar-refractivity contribution in [2.45, 2.75) is 13.1 Å². The van der Waals surface area contributed by atoms with Gasteiger partial charge < -0.3 is 20.6 Å². The molecule has 0 bridgehead atoms. The van der Waals surface area contributed by atoms with Crippen molar-refractivity contribution < 1.29 is 19.1 Å². The molecular formula is C13H13N3O4. The van der Waals surface area contributed by atoms with E-state index in [-0.39, 0.29) is 30.5 Å². The van der Waals surface area contributed by atoms with Crippen LogP contribution in [0, 0.1) is 0 Å². The number of carboxylic acid groups (broad SMARTS) is 1. The van der Waals surface area contributed by atoms with Crippen molar-refractivity contribution in [1.29, 1.82) is 0 Å². The number of amides is 1. The predicted octanol–water partition coefficient (Wildman–Crippen LogP) is 0.761. The summed E-state index contributed by atoms with van der Waals surface area (Å²) in [5.41, 5.74) is 6.03. The number of hydrogen-bond donors (Lipinski definition) is 3. The first-order valence-corrected chi connectivity index (χ1v) is 5.85. The van der Waals surface area contributed by atoms with E-state index in [1.54, 1.807) is 18.2 Å². The summed E-state index contributed by atoms with van der Waals surface area (Å²) in [5.74, 6) is -0.749. The number of carbonyl (C=O) groups is 2. The van der Waals surface area contributed by atoms with Crippen LogP contribution in [0.2, 0.25) is 0 Å². The standard InChI is InChI=1S/C13H13N3O4/c14-5-9-2-4-11(20-9)12(17)16-7-8-1-3-10(13(18)19)15-6-8/h1-4,6H,5,7,14H2,(H,16,17)(H,18,19). The van der Waals surface area contributed by atoms with E-state index in [0.29, 0.717) is 11.3 Å². The third kappa shape index (κ3) is 3.21. The van der Waals surface area contributed by atoms with E-state index in [2.05, 4.69) is 10.3 Å². The zero-order valence-corrected chi connectivity index (χ0v) is 10.5. The van der Waals surface area contributed by atoms with Gasteiger partial charge in [-0.2, -0.15) is 0 Å². The average Bonchev–Trinajstić information content (AvgIpc) is 2.94. The number of aromatic nitrogens is 1. The van der Waals surface area contributed by atoms with Crippen molar-refractivity contribution in [2.24, 2.45) is 5.73 Å². The molecule has 0 radical (unpaired) electrons. The predicted molar refractivity (Wildman–Crippen MR) is 69.0 cm³/mol. The Hall–Kier alpha value is -2.67. The van der Waals surface area contributed by atoms with E-state index in [0.717, 1.165) is 0 Å². The first kappa shape index (κ1) is 13.8. The van der Waals surface area contributed by atoms with Gasteiger partial charge in [-0.05, 0) is 23.8 Å². The number of rotatable bonds is 5. The maximum atomic E-state index is 11.8. The maximum Gasteiger partial charge on any atom is 0.354 e. The zero-order chi connectivity index (χ0) is 14.5. The summed E-state index contributed by atoms with van der Waals surface area (Å²) in [6.45, 7) is 0.457. The molecule has 0 spiro atoms. The second-order valence-corrected chi connectivity index (χ2v) is 4.01. The van der Waals surface area contributed by atoms with Crippen LogP contribution in [-0.2, 0) is 13.1 Å². The molecule has 104 valence electrons. The van der Waals surface area contributed by atoms with Gasteiger partial charge in [-0.15, -0.1) is 0 Å². The minimum Gasteiger partial charge on any atom is -0.477 e. The Bertz CT molecular complexity index is 619. The Morgan fingerprint density at radius 2 is 2.10 bits per heavy atom. The van der Waals surface area contributed by atoms with Crippen LogP contribution in [0.4, 0.5) is 0 Å². The van der Waals surface area contributed by atoms with Gasteiger partial charge in [-0.25, -0.2) is 9.78 Å². The Balaban J connectivity index is 1.94. The monoisotopic (exact) mass is 275 g/mol. The SMILES string of the molecule is NCc1ccc(C(=O)NCc2ccc(C(=O)O)nc2)o1. The molecule has 0 aromatic carbocycles. The number of aromatic carboxylic acids is 1. The van der Waals surface area contributed by atoms with Crippen LogP contribution in [0.25, 0.3) is 0 Å².